The average molecular weight is 242 g/mol. The van der Waals surface area contributed by atoms with Gasteiger partial charge in [-0.05, 0) is 36.2 Å². The number of hydrogen-bond acceptors (Lipinski definition) is 3. The number of aromatic nitrogens is 3. The molecule has 18 heavy (non-hydrogen) atoms. The molecule has 0 radical (unpaired) electrons. The van der Waals surface area contributed by atoms with Crippen LogP contribution in [0.25, 0.3) is 16.8 Å². The number of aryl methyl sites for hydroxylation is 1. The van der Waals surface area contributed by atoms with Crippen molar-refractivity contribution in [2.75, 3.05) is 5.73 Å². The molecular formula is C13H11FN4. The van der Waals surface area contributed by atoms with Crippen molar-refractivity contribution in [3.05, 3.63) is 47.9 Å². The van der Waals surface area contributed by atoms with Gasteiger partial charge in [-0.25, -0.2) is 8.91 Å². The molecular weight excluding hydrogens is 231 g/mol. The normalized spacial score (nSPS) is 11.0. The zero-order valence-corrected chi connectivity index (χ0v) is 9.76. The molecule has 90 valence electrons. The lowest BCUT2D eigenvalue weighted by Crippen LogP contribution is -1.92. The number of anilines is 1. The minimum Gasteiger partial charge on any atom is -0.366 e. The van der Waals surface area contributed by atoms with Crippen molar-refractivity contribution in [1.29, 1.82) is 0 Å². The first kappa shape index (κ1) is 10.7. The van der Waals surface area contributed by atoms with Crippen molar-refractivity contribution >= 4 is 11.6 Å². The molecule has 0 saturated carbocycles. The number of benzene rings is 1. The Balaban J connectivity index is 2.30. The summed E-state index contributed by atoms with van der Waals surface area (Å²) in [6, 6.07) is 8.27. The highest BCUT2D eigenvalue weighted by atomic mass is 19.1. The van der Waals surface area contributed by atoms with Gasteiger partial charge in [0, 0.05) is 11.8 Å². The van der Waals surface area contributed by atoms with Crippen molar-refractivity contribution in [2.45, 2.75) is 6.92 Å². The Morgan fingerprint density at radius 3 is 2.67 bits per heavy atom. The number of fused-ring (bicyclic) bond motifs is 1. The van der Waals surface area contributed by atoms with Crippen molar-refractivity contribution in [1.82, 2.24) is 14.6 Å². The molecule has 0 saturated heterocycles. The van der Waals surface area contributed by atoms with Crippen molar-refractivity contribution < 1.29 is 4.39 Å². The number of rotatable bonds is 1. The minimum absolute atomic E-state index is 0.226. The number of nitrogens with two attached hydrogens (primary N) is 1. The van der Waals surface area contributed by atoms with Gasteiger partial charge in [-0.3, -0.25) is 0 Å². The summed E-state index contributed by atoms with van der Waals surface area (Å²) in [5, 5.41) is 4.09. The molecule has 3 rings (SSSR count). The third-order valence-electron chi connectivity index (χ3n) is 2.74. The van der Waals surface area contributed by atoms with Crippen LogP contribution in [0, 0.1) is 12.7 Å². The summed E-state index contributed by atoms with van der Waals surface area (Å²) in [5.74, 6) is -0.0348. The molecule has 5 heteroatoms. The van der Waals surface area contributed by atoms with E-state index in [1.165, 1.54) is 12.1 Å². The van der Waals surface area contributed by atoms with Crippen LogP contribution in [0.15, 0.2) is 36.5 Å². The van der Waals surface area contributed by atoms with Gasteiger partial charge in [0.2, 0.25) is 5.95 Å². The molecule has 3 aromatic rings. The Bertz CT molecular complexity index is 716. The molecule has 1 aromatic carbocycles. The zero-order chi connectivity index (χ0) is 12.7. The van der Waals surface area contributed by atoms with Gasteiger partial charge in [0.05, 0.1) is 0 Å². The molecule has 2 aromatic heterocycles. The van der Waals surface area contributed by atoms with Gasteiger partial charge in [0.1, 0.15) is 5.82 Å². The van der Waals surface area contributed by atoms with Gasteiger partial charge < -0.3 is 5.73 Å². The number of pyridine rings is 1. The summed E-state index contributed by atoms with van der Waals surface area (Å²) in [6.45, 7) is 1.96. The topological polar surface area (TPSA) is 56.2 Å². The van der Waals surface area contributed by atoms with Crippen LogP contribution in [0.3, 0.4) is 0 Å². The summed E-state index contributed by atoms with van der Waals surface area (Å²) in [5.41, 5.74) is 9.09. The van der Waals surface area contributed by atoms with E-state index in [4.69, 9.17) is 5.73 Å². The predicted molar refractivity (Wildman–Crippen MR) is 67.5 cm³/mol. The minimum atomic E-state index is -0.261. The fraction of sp³-hybridized carbons (Fsp3) is 0.0769. The lowest BCUT2D eigenvalue weighted by molar-refractivity contribution is 0.628. The SMILES string of the molecule is Cc1cc(-c2ccc(F)cc2)c2nc(N)nn2c1. The molecule has 0 bridgehead atoms. The van der Waals surface area contributed by atoms with Crippen LogP contribution in [-0.4, -0.2) is 14.6 Å². The Kier molecular flexibility index (Phi) is 2.26. The zero-order valence-electron chi connectivity index (χ0n) is 9.76. The van der Waals surface area contributed by atoms with E-state index in [1.54, 1.807) is 16.6 Å². The van der Waals surface area contributed by atoms with Crippen LogP contribution in [0.1, 0.15) is 5.56 Å². The quantitative estimate of drug-likeness (QED) is 0.713. The van der Waals surface area contributed by atoms with Gasteiger partial charge >= 0.3 is 0 Å². The summed E-state index contributed by atoms with van der Waals surface area (Å²) in [4.78, 5) is 4.19. The molecule has 0 aliphatic rings. The summed E-state index contributed by atoms with van der Waals surface area (Å²) < 4.78 is 14.6. The Morgan fingerprint density at radius 2 is 1.94 bits per heavy atom. The molecule has 0 atom stereocenters. The average Bonchev–Trinajstić information content (AvgIpc) is 2.69. The van der Waals surface area contributed by atoms with Crippen molar-refractivity contribution in [2.24, 2.45) is 0 Å². The lowest BCUT2D eigenvalue weighted by atomic mass is 10.1. The van der Waals surface area contributed by atoms with Gasteiger partial charge in [-0.2, -0.15) is 4.98 Å². The van der Waals surface area contributed by atoms with E-state index in [0.717, 1.165) is 16.7 Å². The lowest BCUT2D eigenvalue weighted by Gasteiger charge is -2.04. The van der Waals surface area contributed by atoms with Crippen LogP contribution in [0.5, 0.6) is 0 Å². The number of halogens is 1. The van der Waals surface area contributed by atoms with E-state index >= 15 is 0 Å². The van der Waals surface area contributed by atoms with Crippen molar-refractivity contribution in [3.8, 4) is 11.1 Å². The van der Waals surface area contributed by atoms with Crippen LogP contribution < -0.4 is 5.73 Å². The standard InChI is InChI=1S/C13H11FN4/c1-8-6-11(9-2-4-10(14)5-3-9)12-16-13(15)17-18(12)7-8/h2-7H,1H3,(H2,15,17). The number of hydrogen-bond donors (Lipinski definition) is 1. The third-order valence-corrected chi connectivity index (χ3v) is 2.74. The third kappa shape index (κ3) is 1.69. The predicted octanol–water partition coefficient (Wildman–Crippen LogP) is 2.43. The first-order valence-corrected chi connectivity index (χ1v) is 5.52. The maximum absolute atomic E-state index is 12.9. The van der Waals surface area contributed by atoms with E-state index in [9.17, 15) is 4.39 Å². The molecule has 2 N–H and O–H groups in total. The second-order valence-electron chi connectivity index (χ2n) is 4.18. The van der Waals surface area contributed by atoms with E-state index < -0.39 is 0 Å². The summed E-state index contributed by atoms with van der Waals surface area (Å²) in [6.07, 6.45) is 1.85. The molecule has 0 unspecified atom stereocenters. The maximum atomic E-state index is 12.9. The van der Waals surface area contributed by atoms with E-state index in [1.807, 2.05) is 19.2 Å². The first-order valence-electron chi connectivity index (χ1n) is 5.52. The monoisotopic (exact) mass is 242 g/mol. The number of nitrogen functional groups attached to an aromatic ring is 1. The summed E-state index contributed by atoms with van der Waals surface area (Å²) >= 11 is 0. The van der Waals surface area contributed by atoms with Gasteiger partial charge in [0.15, 0.2) is 5.65 Å². The van der Waals surface area contributed by atoms with Crippen LogP contribution in [0.2, 0.25) is 0 Å². The summed E-state index contributed by atoms with van der Waals surface area (Å²) in [7, 11) is 0. The highest BCUT2D eigenvalue weighted by Gasteiger charge is 2.09. The van der Waals surface area contributed by atoms with Crippen LogP contribution in [-0.2, 0) is 0 Å². The Morgan fingerprint density at radius 1 is 1.22 bits per heavy atom. The molecule has 4 nitrogen and oxygen atoms in total. The van der Waals surface area contributed by atoms with E-state index in [0.29, 0.717) is 5.65 Å². The first-order chi connectivity index (χ1) is 8.63. The van der Waals surface area contributed by atoms with Gasteiger partial charge in [-0.15, -0.1) is 5.10 Å². The fourth-order valence-corrected chi connectivity index (χ4v) is 1.98. The highest BCUT2D eigenvalue weighted by molar-refractivity contribution is 5.78. The van der Waals surface area contributed by atoms with E-state index in [2.05, 4.69) is 10.1 Å². The van der Waals surface area contributed by atoms with E-state index in [-0.39, 0.29) is 11.8 Å². The molecule has 0 fully saturated rings. The highest BCUT2D eigenvalue weighted by Crippen LogP contribution is 2.25. The number of nitrogens with zero attached hydrogens (tertiary/aromatic N) is 3. The smallest absolute Gasteiger partial charge is 0.240 e. The van der Waals surface area contributed by atoms with Gasteiger partial charge in [-0.1, -0.05) is 12.1 Å². The molecule has 0 aliphatic heterocycles. The van der Waals surface area contributed by atoms with Crippen LogP contribution in [0.4, 0.5) is 10.3 Å². The van der Waals surface area contributed by atoms with Gasteiger partial charge in [0.25, 0.3) is 0 Å². The molecule has 2 heterocycles. The second-order valence-corrected chi connectivity index (χ2v) is 4.18. The van der Waals surface area contributed by atoms with Crippen LogP contribution >= 0.6 is 0 Å². The largest absolute Gasteiger partial charge is 0.366 e. The molecule has 0 aliphatic carbocycles. The Hall–Kier alpha value is -2.43. The maximum Gasteiger partial charge on any atom is 0.240 e. The Labute approximate surface area is 103 Å². The second kappa shape index (κ2) is 3.80. The molecule has 0 spiro atoms. The fourth-order valence-electron chi connectivity index (χ4n) is 1.98. The molecule has 0 amide bonds. The van der Waals surface area contributed by atoms with Crippen molar-refractivity contribution in [3.63, 3.8) is 0 Å².